The second kappa shape index (κ2) is 15.7. The lowest BCUT2D eigenvalue weighted by atomic mass is 10.1. The molecule has 0 saturated heterocycles. The highest BCUT2D eigenvalue weighted by molar-refractivity contribution is 9.10. The van der Waals surface area contributed by atoms with E-state index in [-0.39, 0.29) is 0 Å². The van der Waals surface area contributed by atoms with Gasteiger partial charge in [-0.2, -0.15) is 0 Å². The predicted octanol–water partition coefficient (Wildman–Crippen LogP) is 11.3. The zero-order valence-electron chi connectivity index (χ0n) is 26.6. The largest absolute Gasteiger partial charge is 0.208 e. The summed E-state index contributed by atoms with van der Waals surface area (Å²) in [6, 6.07) is 55.9. The molecular formula is C42H28Br2N6. The van der Waals surface area contributed by atoms with Crippen LogP contribution in [0.4, 0.5) is 0 Å². The molecule has 8 aromatic rings. The van der Waals surface area contributed by atoms with Gasteiger partial charge in [0, 0.05) is 42.3 Å². The molecule has 0 bridgehead atoms. The summed E-state index contributed by atoms with van der Waals surface area (Å²) < 4.78 is 2.05. The molecule has 0 fully saturated rings. The Bertz CT molecular complexity index is 2020. The van der Waals surface area contributed by atoms with E-state index >= 15 is 0 Å². The molecule has 0 saturated carbocycles. The van der Waals surface area contributed by atoms with E-state index in [2.05, 4.69) is 41.8 Å². The Labute approximate surface area is 307 Å². The summed E-state index contributed by atoms with van der Waals surface area (Å²) in [6.45, 7) is 0. The van der Waals surface area contributed by atoms with Gasteiger partial charge in [0.15, 0.2) is 34.9 Å². The number of hydrogen-bond donors (Lipinski definition) is 0. The van der Waals surface area contributed by atoms with Crippen molar-refractivity contribution >= 4 is 31.9 Å². The molecule has 6 aromatic carbocycles. The fraction of sp³-hybridized carbons (Fsp3) is 0. The van der Waals surface area contributed by atoms with Crippen molar-refractivity contribution < 1.29 is 0 Å². The van der Waals surface area contributed by atoms with Gasteiger partial charge in [-0.05, 0) is 24.3 Å². The van der Waals surface area contributed by atoms with Crippen LogP contribution in [0.25, 0.3) is 68.3 Å². The van der Waals surface area contributed by atoms with Crippen LogP contribution in [0.3, 0.4) is 0 Å². The van der Waals surface area contributed by atoms with E-state index in [1.54, 1.807) is 0 Å². The molecule has 0 unspecified atom stereocenters. The van der Waals surface area contributed by atoms with Gasteiger partial charge in [-0.25, -0.2) is 29.9 Å². The monoisotopic (exact) mass is 774 g/mol. The molecule has 6 nitrogen and oxygen atoms in total. The van der Waals surface area contributed by atoms with Crippen LogP contribution in [0.5, 0.6) is 0 Å². The smallest absolute Gasteiger partial charge is 0.164 e. The first kappa shape index (κ1) is 32.8. The number of halogens is 2. The minimum Gasteiger partial charge on any atom is -0.208 e. The van der Waals surface area contributed by atoms with Crippen LogP contribution in [-0.4, -0.2) is 29.9 Å². The van der Waals surface area contributed by atoms with Gasteiger partial charge in [-0.15, -0.1) is 0 Å². The number of rotatable bonds is 6. The summed E-state index contributed by atoms with van der Waals surface area (Å²) in [5.74, 6) is 4.03. The summed E-state index contributed by atoms with van der Waals surface area (Å²) in [5.41, 5.74) is 5.81. The molecule has 240 valence electrons. The van der Waals surface area contributed by atoms with Crippen LogP contribution in [0.2, 0.25) is 0 Å². The predicted molar refractivity (Wildman–Crippen MR) is 208 cm³/mol. The quantitative estimate of drug-likeness (QED) is 0.167. The molecule has 8 heteroatoms. The first-order chi connectivity index (χ1) is 24.6. The van der Waals surface area contributed by atoms with Crippen molar-refractivity contribution in [2.45, 2.75) is 0 Å². The third-order valence-electron chi connectivity index (χ3n) is 7.60. The third kappa shape index (κ3) is 8.11. The highest BCUT2D eigenvalue weighted by atomic mass is 79.9. The van der Waals surface area contributed by atoms with Crippen molar-refractivity contribution in [1.82, 2.24) is 29.9 Å². The molecule has 2 heterocycles. The zero-order chi connectivity index (χ0) is 34.1. The number of aromatic nitrogens is 6. The Balaban J connectivity index is 0.000000157. The topological polar surface area (TPSA) is 77.3 Å². The molecule has 0 radical (unpaired) electrons. The van der Waals surface area contributed by atoms with Gasteiger partial charge >= 0.3 is 0 Å². The molecule has 0 aliphatic heterocycles. The summed E-state index contributed by atoms with van der Waals surface area (Å²) >= 11 is 6.93. The molecule has 2 aromatic heterocycles. The summed E-state index contributed by atoms with van der Waals surface area (Å²) in [6.07, 6.45) is 0. The second-order valence-electron chi connectivity index (χ2n) is 11.1. The van der Waals surface area contributed by atoms with Gasteiger partial charge in [0.05, 0.1) is 0 Å². The first-order valence-electron chi connectivity index (χ1n) is 15.8. The maximum Gasteiger partial charge on any atom is 0.164 e. The van der Waals surface area contributed by atoms with Crippen molar-refractivity contribution in [1.29, 1.82) is 0 Å². The third-order valence-corrected chi connectivity index (χ3v) is 8.66. The van der Waals surface area contributed by atoms with E-state index in [4.69, 9.17) is 19.9 Å². The minimum absolute atomic E-state index is 0.667. The molecule has 8 rings (SSSR count). The average molecular weight is 777 g/mol. The van der Waals surface area contributed by atoms with Crippen molar-refractivity contribution in [3.63, 3.8) is 0 Å². The van der Waals surface area contributed by atoms with Gasteiger partial charge in [0.2, 0.25) is 0 Å². The molecule has 0 spiro atoms. The first-order valence-corrected chi connectivity index (χ1v) is 17.4. The molecule has 0 amide bonds. The van der Waals surface area contributed by atoms with Crippen molar-refractivity contribution in [3.8, 4) is 68.3 Å². The summed E-state index contributed by atoms with van der Waals surface area (Å²) in [7, 11) is 0. The molecule has 0 N–H and O–H groups in total. The van der Waals surface area contributed by atoms with Crippen LogP contribution < -0.4 is 0 Å². The molecule has 50 heavy (non-hydrogen) atoms. The van der Waals surface area contributed by atoms with Gasteiger partial charge in [-0.1, -0.05) is 177 Å². The van der Waals surface area contributed by atoms with E-state index in [1.807, 2.05) is 170 Å². The lowest BCUT2D eigenvalue weighted by molar-refractivity contribution is 1.07. The Hall–Kier alpha value is -5.70. The second-order valence-corrected chi connectivity index (χ2v) is 12.9. The minimum atomic E-state index is 0.667. The molecule has 0 aliphatic carbocycles. The highest BCUT2D eigenvalue weighted by Gasteiger charge is 2.13. The average Bonchev–Trinajstić information content (AvgIpc) is 3.20. The van der Waals surface area contributed by atoms with E-state index in [9.17, 15) is 0 Å². The highest BCUT2D eigenvalue weighted by Crippen LogP contribution is 2.27. The summed E-state index contributed by atoms with van der Waals surface area (Å²) in [5, 5.41) is 0. The Morgan fingerprint density at radius 1 is 0.220 bits per heavy atom. The van der Waals surface area contributed by atoms with Crippen molar-refractivity contribution in [2.24, 2.45) is 0 Å². The van der Waals surface area contributed by atoms with Gasteiger partial charge in [0.25, 0.3) is 0 Å². The van der Waals surface area contributed by atoms with Gasteiger partial charge < -0.3 is 0 Å². The van der Waals surface area contributed by atoms with Crippen LogP contribution in [0.1, 0.15) is 0 Å². The summed E-state index contributed by atoms with van der Waals surface area (Å²) in [4.78, 5) is 28.1. The number of benzene rings is 6. The fourth-order valence-corrected chi connectivity index (χ4v) is 5.60. The van der Waals surface area contributed by atoms with Crippen LogP contribution in [-0.2, 0) is 0 Å². The Morgan fingerprint density at radius 2 is 0.400 bits per heavy atom. The van der Waals surface area contributed by atoms with E-state index in [1.165, 1.54) is 0 Å². The number of hydrogen-bond acceptors (Lipinski definition) is 6. The van der Waals surface area contributed by atoms with Gasteiger partial charge in [-0.3, -0.25) is 0 Å². The Morgan fingerprint density at radius 3 is 0.600 bits per heavy atom. The maximum absolute atomic E-state index is 4.69. The normalized spacial score (nSPS) is 10.6. The van der Waals surface area contributed by atoms with E-state index < -0.39 is 0 Å². The lowest BCUT2D eigenvalue weighted by Gasteiger charge is -2.08. The molecule has 0 atom stereocenters. The SMILES string of the molecule is Brc1ccc(-c2nc(-c3ccccc3)nc(-c3ccccc3)n2)cc1.Brc1ccc(-c2nc(-c3ccccc3)nc(-c3ccccc3)n2)cc1. The Kier molecular flexibility index (Phi) is 10.3. The van der Waals surface area contributed by atoms with Crippen LogP contribution >= 0.6 is 31.9 Å². The van der Waals surface area contributed by atoms with Crippen LogP contribution in [0.15, 0.2) is 179 Å². The van der Waals surface area contributed by atoms with E-state index in [0.717, 1.165) is 42.3 Å². The lowest BCUT2D eigenvalue weighted by Crippen LogP contribution is -1.99. The standard InChI is InChI=1S/2C21H14BrN3/c2*22-18-13-11-17(12-14-18)21-24-19(15-7-3-1-4-8-15)23-20(25-21)16-9-5-2-6-10-16/h2*1-14H. The fourth-order valence-electron chi connectivity index (χ4n) is 5.07. The maximum atomic E-state index is 4.69. The van der Waals surface area contributed by atoms with Crippen LogP contribution in [0, 0.1) is 0 Å². The molecular weight excluding hydrogens is 748 g/mol. The van der Waals surface area contributed by atoms with Gasteiger partial charge in [0.1, 0.15) is 0 Å². The van der Waals surface area contributed by atoms with E-state index in [0.29, 0.717) is 34.9 Å². The van der Waals surface area contributed by atoms with Crippen molar-refractivity contribution in [2.75, 3.05) is 0 Å². The number of nitrogens with zero attached hydrogens (tertiary/aromatic N) is 6. The molecule has 0 aliphatic rings. The van der Waals surface area contributed by atoms with Crippen molar-refractivity contribution in [3.05, 3.63) is 179 Å². The zero-order valence-corrected chi connectivity index (χ0v) is 29.8.